The molecule has 2 nitrogen and oxygen atoms in total. The lowest BCUT2D eigenvalue weighted by Gasteiger charge is -2.06. The summed E-state index contributed by atoms with van der Waals surface area (Å²) in [7, 11) is 0. The van der Waals surface area contributed by atoms with E-state index in [4.69, 9.17) is 23.2 Å². The van der Waals surface area contributed by atoms with Crippen molar-refractivity contribution in [1.82, 2.24) is 4.98 Å². The molecule has 1 aromatic heterocycles. The summed E-state index contributed by atoms with van der Waals surface area (Å²) < 4.78 is 12.8. The Morgan fingerprint density at radius 3 is 2.38 bits per heavy atom. The highest BCUT2D eigenvalue weighted by molar-refractivity contribution is 6.35. The standard InChI is InChI=1S/C11H7Cl2FN2/c12-7-4-8(13)6-9(5-7)15-11-3-1-2-10(14)16-11/h1-6H,(H,15,16). The zero-order valence-corrected chi connectivity index (χ0v) is 9.56. The Labute approximate surface area is 102 Å². The molecule has 0 aliphatic carbocycles. The van der Waals surface area contributed by atoms with Gasteiger partial charge in [-0.15, -0.1) is 0 Å². The molecule has 0 saturated heterocycles. The summed E-state index contributed by atoms with van der Waals surface area (Å²) in [5.41, 5.74) is 0.663. The molecule has 2 rings (SSSR count). The second-order valence-electron chi connectivity index (χ2n) is 3.13. The minimum Gasteiger partial charge on any atom is -0.340 e. The molecule has 0 aliphatic heterocycles. The smallest absolute Gasteiger partial charge is 0.214 e. The SMILES string of the molecule is Fc1cccc(Nc2cc(Cl)cc(Cl)c2)n1. The van der Waals surface area contributed by atoms with Crippen molar-refractivity contribution in [1.29, 1.82) is 0 Å². The van der Waals surface area contributed by atoms with E-state index < -0.39 is 5.95 Å². The maximum absolute atomic E-state index is 12.8. The Kier molecular flexibility index (Phi) is 3.27. The molecule has 82 valence electrons. The van der Waals surface area contributed by atoms with Gasteiger partial charge in [0.15, 0.2) is 0 Å². The maximum atomic E-state index is 12.8. The number of pyridine rings is 1. The van der Waals surface area contributed by atoms with Crippen molar-refractivity contribution in [2.75, 3.05) is 5.32 Å². The van der Waals surface area contributed by atoms with Gasteiger partial charge in [-0.1, -0.05) is 29.3 Å². The summed E-state index contributed by atoms with van der Waals surface area (Å²) in [6, 6.07) is 9.47. The number of nitrogens with zero attached hydrogens (tertiary/aromatic N) is 1. The average molecular weight is 257 g/mol. The second kappa shape index (κ2) is 4.68. The van der Waals surface area contributed by atoms with Crippen LogP contribution in [-0.2, 0) is 0 Å². The molecule has 0 bridgehead atoms. The lowest BCUT2D eigenvalue weighted by Crippen LogP contribution is -1.94. The van der Waals surface area contributed by atoms with Crippen molar-refractivity contribution in [2.24, 2.45) is 0 Å². The first-order valence-corrected chi connectivity index (χ1v) is 5.25. The molecule has 5 heteroatoms. The number of benzene rings is 1. The van der Waals surface area contributed by atoms with Gasteiger partial charge in [-0.3, -0.25) is 0 Å². The van der Waals surface area contributed by atoms with E-state index in [9.17, 15) is 4.39 Å². The van der Waals surface area contributed by atoms with E-state index in [-0.39, 0.29) is 0 Å². The Hall–Kier alpha value is -1.32. The number of nitrogens with one attached hydrogen (secondary N) is 1. The van der Waals surface area contributed by atoms with E-state index in [1.807, 2.05) is 0 Å². The molecule has 16 heavy (non-hydrogen) atoms. The molecule has 0 unspecified atom stereocenters. The van der Waals surface area contributed by atoms with E-state index in [0.29, 0.717) is 21.6 Å². The number of rotatable bonds is 2. The van der Waals surface area contributed by atoms with E-state index in [1.54, 1.807) is 30.3 Å². The Morgan fingerprint density at radius 1 is 1.06 bits per heavy atom. The van der Waals surface area contributed by atoms with Crippen LogP contribution in [-0.4, -0.2) is 4.98 Å². The van der Waals surface area contributed by atoms with Crippen LogP contribution in [0.4, 0.5) is 15.9 Å². The van der Waals surface area contributed by atoms with E-state index in [2.05, 4.69) is 10.3 Å². The van der Waals surface area contributed by atoms with Crippen LogP contribution in [0.3, 0.4) is 0 Å². The zero-order chi connectivity index (χ0) is 11.5. The molecule has 0 spiro atoms. The topological polar surface area (TPSA) is 24.9 Å². The molecule has 0 atom stereocenters. The van der Waals surface area contributed by atoms with Crippen LogP contribution >= 0.6 is 23.2 Å². The Balaban J connectivity index is 2.27. The van der Waals surface area contributed by atoms with Gasteiger partial charge in [0.05, 0.1) is 0 Å². The predicted octanol–water partition coefficient (Wildman–Crippen LogP) is 4.27. The van der Waals surface area contributed by atoms with Crippen LogP contribution in [0.2, 0.25) is 10.0 Å². The fourth-order valence-corrected chi connectivity index (χ4v) is 1.78. The van der Waals surface area contributed by atoms with Gasteiger partial charge in [0.25, 0.3) is 0 Å². The summed E-state index contributed by atoms with van der Waals surface area (Å²) in [4.78, 5) is 3.66. The summed E-state index contributed by atoms with van der Waals surface area (Å²) in [6.07, 6.45) is 0. The van der Waals surface area contributed by atoms with Gasteiger partial charge in [0.1, 0.15) is 5.82 Å². The Bertz CT molecular complexity index is 497. The largest absolute Gasteiger partial charge is 0.340 e. The van der Waals surface area contributed by atoms with Crippen LogP contribution < -0.4 is 5.32 Å². The number of anilines is 2. The highest BCUT2D eigenvalue weighted by Crippen LogP contribution is 2.24. The number of aromatic nitrogens is 1. The molecule has 0 radical (unpaired) electrons. The molecule has 0 aliphatic rings. The van der Waals surface area contributed by atoms with Crippen molar-refractivity contribution in [2.45, 2.75) is 0 Å². The summed E-state index contributed by atoms with van der Waals surface area (Å²) in [6.45, 7) is 0. The van der Waals surface area contributed by atoms with Crippen LogP contribution in [0.1, 0.15) is 0 Å². The number of hydrogen-bond acceptors (Lipinski definition) is 2. The average Bonchev–Trinajstić information content (AvgIpc) is 2.15. The summed E-state index contributed by atoms with van der Waals surface area (Å²) in [5.74, 6) is -0.142. The minimum absolute atomic E-state index is 0.401. The van der Waals surface area contributed by atoms with Gasteiger partial charge >= 0.3 is 0 Å². The molecular weight excluding hydrogens is 250 g/mol. The molecular formula is C11H7Cl2FN2. The van der Waals surface area contributed by atoms with Crippen molar-refractivity contribution in [3.63, 3.8) is 0 Å². The molecule has 0 amide bonds. The normalized spacial score (nSPS) is 10.2. The summed E-state index contributed by atoms with van der Waals surface area (Å²) in [5, 5.41) is 3.92. The van der Waals surface area contributed by atoms with Crippen LogP contribution in [0.5, 0.6) is 0 Å². The zero-order valence-electron chi connectivity index (χ0n) is 8.05. The first kappa shape index (κ1) is 11.2. The fraction of sp³-hybridized carbons (Fsp3) is 0. The third-order valence-electron chi connectivity index (χ3n) is 1.85. The molecule has 0 fully saturated rings. The number of hydrogen-bond donors (Lipinski definition) is 1. The first-order valence-electron chi connectivity index (χ1n) is 4.49. The van der Waals surface area contributed by atoms with Crippen molar-refractivity contribution in [3.8, 4) is 0 Å². The molecule has 0 saturated carbocycles. The molecule has 2 aromatic rings. The van der Waals surface area contributed by atoms with Gasteiger partial charge in [0, 0.05) is 15.7 Å². The van der Waals surface area contributed by atoms with Gasteiger partial charge in [-0.2, -0.15) is 4.39 Å². The maximum Gasteiger partial charge on any atom is 0.214 e. The van der Waals surface area contributed by atoms with Crippen LogP contribution in [0.15, 0.2) is 36.4 Å². The highest BCUT2D eigenvalue weighted by atomic mass is 35.5. The van der Waals surface area contributed by atoms with Gasteiger partial charge in [-0.25, -0.2) is 4.98 Å². The monoisotopic (exact) mass is 256 g/mol. The molecule has 1 heterocycles. The Morgan fingerprint density at radius 2 is 1.75 bits per heavy atom. The van der Waals surface area contributed by atoms with Gasteiger partial charge in [-0.05, 0) is 30.3 Å². The highest BCUT2D eigenvalue weighted by Gasteiger charge is 2.00. The fourth-order valence-electron chi connectivity index (χ4n) is 1.25. The predicted molar refractivity (Wildman–Crippen MR) is 63.9 cm³/mol. The van der Waals surface area contributed by atoms with E-state index in [1.165, 1.54) is 6.07 Å². The van der Waals surface area contributed by atoms with E-state index >= 15 is 0 Å². The number of halogens is 3. The van der Waals surface area contributed by atoms with Gasteiger partial charge in [0.2, 0.25) is 5.95 Å². The van der Waals surface area contributed by atoms with Crippen LogP contribution in [0.25, 0.3) is 0 Å². The van der Waals surface area contributed by atoms with Crippen LogP contribution in [0, 0.1) is 5.95 Å². The summed E-state index contributed by atoms with van der Waals surface area (Å²) >= 11 is 11.7. The van der Waals surface area contributed by atoms with Crippen molar-refractivity contribution in [3.05, 3.63) is 52.4 Å². The first-order chi connectivity index (χ1) is 7.63. The third kappa shape index (κ3) is 2.84. The lowest BCUT2D eigenvalue weighted by molar-refractivity contribution is 0.585. The molecule has 1 N–H and O–H groups in total. The minimum atomic E-state index is -0.543. The lowest BCUT2D eigenvalue weighted by atomic mass is 10.3. The second-order valence-corrected chi connectivity index (χ2v) is 4.00. The van der Waals surface area contributed by atoms with Gasteiger partial charge < -0.3 is 5.32 Å². The quantitative estimate of drug-likeness (QED) is 0.812. The molecule has 1 aromatic carbocycles. The van der Waals surface area contributed by atoms with Crippen molar-refractivity contribution >= 4 is 34.7 Å². The van der Waals surface area contributed by atoms with Crippen molar-refractivity contribution < 1.29 is 4.39 Å². The third-order valence-corrected chi connectivity index (χ3v) is 2.29. The van der Waals surface area contributed by atoms with E-state index in [0.717, 1.165) is 0 Å².